The molecule has 8 nitrogen and oxygen atoms in total. The SMILES string of the molecule is CC.COC(=O)c1nc(-c2nn(C)cc2C)c(C(F)(F)F)cc1NC=O.COC(C)(C)C. The highest BCUT2D eigenvalue weighted by atomic mass is 19.4. The second kappa shape index (κ2) is 12.2. The number of hydrogen-bond acceptors (Lipinski definition) is 6. The number of hydrogen-bond donors (Lipinski definition) is 1. The molecule has 180 valence electrons. The zero-order valence-electron chi connectivity index (χ0n) is 19.8. The number of nitrogens with one attached hydrogen (secondary N) is 1. The van der Waals surface area contributed by atoms with Crippen molar-refractivity contribution in [1.82, 2.24) is 14.8 Å². The van der Waals surface area contributed by atoms with Crippen LogP contribution in [0.25, 0.3) is 11.4 Å². The number of esters is 1. The molecule has 0 aliphatic rings. The highest BCUT2D eigenvalue weighted by Gasteiger charge is 2.37. The van der Waals surface area contributed by atoms with Gasteiger partial charge in [0.2, 0.25) is 6.41 Å². The topological polar surface area (TPSA) is 95.3 Å². The lowest BCUT2D eigenvalue weighted by Gasteiger charge is -2.15. The van der Waals surface area contributed by atoms with Gasteiger partial charge in [-0.2, -0.15) is 18.3 Å². The summed E-state index contributed by atoms with van der Waals surface area (Å²) in [6.45, 7) is 11.6. The number of carbonyl (C=O) groups is 2. The molecule has 2 heterocycles. The minimum Gasteiger partial charge on any atom is -0.464 e. The molecule has 0 saturated heterocycles. The van der Waals surface area contributed by atoms with Crippen molar-refractivity contribution in [2.75, 3.05) is 19.5 Å². The fraction of sp³-hybridized carbons (Fsp3) is 0.524. The van der Waals surface area contributed by atoms with Crippen LogP contribution in [-0.4, -0.2) is 47.0 Å². The van der Waals surface area contributed by atoms with Gasteiger partial charge in [0.15, 0.2) is 5.69 Å². The lowest BCUT2D eigenvalue weighted by molar-refractivity contribution is -0.137. The van der Waals surface area contributed by atoms with Crippen molar-refractivity contribution in [2.45, 2.75) is 53.3 Å². The number of halogens is 3. The van der Waals surface area contributed by atoms with Crippen LogP contribution in [0.1, 0.15) is 56.2 Å². The van der Waals surface area contributed by atoms with Crippen LogP contribution in [0.15, 0.2) is 12.3 Å². The fourth-order valence-electron chi connectivity index (χ4n) is 2.18. The molecule has 0 aliphatic heterocycles. The Labute approximate surface area is 186 Å². The van der Waals surface area contributed by atoms with Crippen molar-refractivity contribution in [2.24, 2.45) is 7.05 Å². The number of anilines is 1. The van der Waals surface area contributed by atoms with Gasteiger partial charge in [0.1, 0.15) is 11.4 Å². The number of carbonyl (C=O) groups excluding carboxylic acids is 2. The maximum Gasteiger partial charge on any atom is 0.418 e. The number of aromatic nitrogens is 3. The molecule has 0 fully saturated rings. The molecule has 11 heteroatoms. The normalized spacial score (nSPS) is 10.9. The summed E-state index contributed by atoms with van der Waals surface area (Å²) in [5.41, 5.74) is -2.02. The lowest BCUT2D eigenvalue weighted by Crippen LogP contribution is -2.16. The van der Waals surface area contributed by atoms with Crippen molar-refractivity contribution >= 4 is 18.1 Å². The van der Waals surface area contributed by atoms with Crippen LogP contribution in [-0.2, 0) is 27.5 Å². The second-order valence-corrected chi connectivity index (χ2v) is 7.18. The first-order chi connectivity index (χ1) is 14.7. The molecule has 0 aliphatic carbocycles. The van der Waals surface area contributed by atoms with Gasteiger partial charge in [0.05, 0.1) is 24.0 Å². The van der Waals surface area contributed by atoms with Gasteiger partial charge in [0.25, 0.3) is 0 Å². The molecule has 0 bridgehead atoms. The standard InChI is InChI=1S/C14H13F3N4O3.C5H12O.C2H6/c1-7-5-21(2)20-10(7)11-8(14(15,16)17)4-9(18-6-22)12(19-11)13(23)24-3;1-5(2,3)6-4;1-2/h4-6H,1-3H3,(H,18,22);1-4H3;1-2H3. The largest absolute Gasteiger partial charge is 0.464 e. The zero-order valence-corrected chi connectivity index (χ0v) is 19.8. The van der Waals surface area contributed by atoms with E-state index in [2.05, 4.69) is 14.8 Å². The molecule has 32 heavy (non-hydrogen) atoms. The Hall–Kier alpha value is -2.95. The fourth-order valence-corrected chi connectivity index (χ4v) is 2.18. The molecule has 1 N–H and O–H groups in total. The van der Waals surface area contributed by atoms with E-state index in [1.807, 2.05) is 39.9 Å². The predicted molar refractivity (Wildman–Crippen MR) is 115 cm³/mol. The average Bonchev–Trinajstić information content (AvgIpc) is 3.06. The molecule has 1 amide bonds. The Morgan fingerprint density at radius 1 is 1.16 bits per heavy atom. The van der Waals surface area contributed by atoms with Gasteiger partial charge in [0, 0.05) is 20.4 Å². The summed E-state index contributed by atoms with van der Waals surface area (Å²) in [5.74, 6) is -0.983. The highest BCUT2D eigenvalue weighted by Crippen LogP contribution is 2.38. The Bertz CT molecular complexity index is 904. The van der Waals surface area contributed by atoms with Crippen molar-refractivity contribution in [1.29, 1.82) is 0 Å². The third-order valence-electron chi connectivity index (χ3n) is 3.77. The second-order valence-electron chi connectivity index (χ2n) is 7.18. The maximum absolute atomic E-state index is 13.4. The molecule has 2 aromatic rings. The van der Waals surface area contributed by atoms with Crippen LogP contribution in [0.5, 0.6) is 0 Å². The van der Waals surface area contributed by atoms with Gasteiger partial charge in [-0.3, -0.25) is 9.48 Å². The third-order valence-corrected chi connectivity index (χ3v) is 3.77. The minimum absolute atomic E-state index is 0.0207. The van der Waals surface area contributed by atoms with E-state index in [9.17, 15) is 22.8 Å². The Kier molecular flexibility index (Phi) is 11.1. The van der Waals surface area contributed by atoms with Gasteiger partial charge >= 0.3 is 12.1 Å². The van der Waals surface area contributed by atoms with E-state index >= 15 is 0 Å². The van der Waals surface area contributed by atoms with E-state index in [1.165, 1.54) is 10.9 Å². The van der Waals surface area contributed by atoms with Gasteiger partial charge in [-0.1, -0.05) is 13.8 Å². The van der Waals surface area contributed by atoms with Crippen LogP contribution in [0.3, 0.4) is 0 Å². The highest BCUT2D eigenvalue weighted by molar-refractivity contribution is 5.96. The van der Waals surface area contributed by atoms with E-state index in [1.54, 1.807) is 21.1 Å². The predicted octanol–water partition coefficient (Wildman–Crippen LogP) is 4.62. The number of alkyl halides is 3. The first-order valence-electron chi connectivity index (χ1n) is 9.71. The number of ether oxygens (including phenoxy) is 2. The van der Waals surface area contributed by atoms with E-state index in [0.717, 1.165) is 7.11 Å². The Morgan fingerprint density at radius 2 is 1.69 bits per heavy atom. The molecule has 0 radical (unpaired) electrons. The van der Waals surface area contributed by atoms with Gasteiger partial charge in [-0.15, -0.1) is 0 Å². The lowest BCUT2D eigenvalue weighted by atomic mass is 10.1. The molecular formula is C21H31F3N4O4. The molecule has 0 unspecified atom stereocenters. The van der Waals surface area contributed by atoms with Crippen molar-refractivity contribution < 1.29 is 32.2 Å². The molecule has 0 spiro atoms. The molecule has 0 atom stereocenters. The molecule has 2 aromatic heterocycles. The average molecular weight is 460 g/mol. The van der Waals surface area contributed by atoms with Crippen LogP contribution >= 0.6 is 0 Å². The van der Waals surface area contributed by atoms with Crippen molar-refractivity contribution in [3.63, 3.8) is 0 Å². The summed E-state index contributed by atoms with van der Waals surface area (Å²) in [6, 6.07) is 0.636. The minimum atomic E-state index is -4.76. The summed E-state index contributed by atoms with van der Waals surface area (Å²) in [4.78, 5) is 26.2. The summed E-state index contributed by atoms with van der Waals surface area (Å²) in [7, 11) is 4.31. The Morgan fingerprint density at radius 3 is 2.03 bits per heavy atom. The number of rotatable bonds is 4. The summed E-state index contributed by atoms with van der Waals surface area (Å²) in [6.07, 6.45) is -3.10. The first kappa shape index (κ1) is 29.1. The van der Waals surface area contributed by atoms with E-state index in [0.29, 0.717) is 11.6 Å². The van der Waals surface area contributed by atoms with E-state index in [4.69, 9.17) is 4.74 Å². The van der Waals surface area contributed by atoms with Gasteiger partial charge < -0.3 is 14.8 Å². The number of pyridine rings is 1. The van der Waals surface area contributed by atoms with Crippen molar-refractivity contribution in [3.05, 3.63) is 29.1 Å². The molecule has 2 rings (SSSR count). The van der Waals surface area contributed by atoms with Gasteiger partial charge in [-0.05, 0) is 39.3 Å². The number of amides is 1. The van der Waals surface area contributed by atoms with Crippen LogP contribution < -0.4 is 5.32 Å². The summed E-state index contributed by atoms with van der Waals surface area (Å²) < 4.78 is 51.0. The van der Waals surface area contributed by atoms with Crippen LogP contribution in [0.4, 0.5) is 18.9 Å². The number of nitrogens with zero attached hydrogens (tertiary/aromatic N) is 3. The monoisotopic (exact) mass is 460 g/mol. The molecule has 0 aromatic carbocycles. The van der Waals surface area contributed by atoms with Gasteiger partial charge in [-0.25, -0.2) is 9.78 Å². The summed E-state index contributed by atoms with van der Waals surface area (Å²) >= 11 is 0. The zero-order chi connectivity index (χ0) is 25.3. The maximum atomic E-state index is 13.4. The third kappa shape index (κ3) is 8.29. The van der Waals surface area contributed by atoms with Crippen LogP contribution in [0, 0.1) is 6.92 Å². The van der Waals surface area contributed by atoms with E-state index in [-0.39, 0.29) is 17.7 Å². The first-order valence-corrected chi connectivity index (χ1v) is 9.71. The van der Waals surface area contributed by atoms with Crippen molar-refractivity contribution in [3.8, 4) is 11.4 Å². The molecule has 0 saturated carbocycles. The van der Waals surface area contributed by atoms with E-state index < -0.39 is 34.8 Å². The quantitative estimate of drug-likeness (QED) is 0.528. The number of methoxy groups -OCH3 is 2. The Balaban J connectivity index is 0.00000104. The molecular weight excluding hydrogens is 429 g/mol. The smallest absolute Gasteiger partial charge is 0.418 e. The van der Waals surface area contributed by atoms with Crippen LogP contribution in [0.2, 0.25) is 0 Å². The number of aryl methyl sites for hydroxylation is 2. The summed E-state index contributed by atoms with van der Waals surface area (Å²) in [5, 5.41) is 6.00.